The molecule has 3 nitrogen and oxygen atoms in total. The number of amides is 1. The average molecular weight is 208 g/mol. The van der Waals surface area contributed by atoms with Crippen molar-refractivity contribution in [2.45, 2.75) is 45.7 Å². The van der Waals surface area contributed by atoms with E-state index in [9.17, 15) is 4.79 Å². The topological polar surface area (TPSA) is 32.3 Å². The summed E-state index contributed by atoms with van der Waals surface area (Å²) in [4.78, 5) is 13.7. The Morgan fingerprint density at radius 1 is 1.47 bits per heavy atom. The van der Waals surface area contributed by atoms with Crippen molar-refractivity contribution in [3.63, 3.8) is 0 Å². The zero-order valence-electron chi connectivity index (χ0n) is 9.84. The van der Waals surface area contributed by atoms with Crippen molar-refractivity contribution in [3.8, 4) is 11.8 Å². The monoisotopic (exact) mass is 208 g/mol. The molecule has 1 aliphatic heterocycles. The Morgan fingerprint density at radius 3 is 2.73 bits per heavy atom. The van der Waals surface area contributed by atoms with Crippen molar-refractivity contribution in [1.82, 2.24) is 10.2 Å². The normalized spacial score (nSPS) is 25.7. The van der Waals surface area contributed by atoms with E-state index in [4.69, 9.17) is 0 Å². The zero-order chi connectivity index (χ0) is 11.3. The molecular weight excluding hydrogens is 188 g/mol. The fourth-order valence-corrected chi connectivity index (χ4v) is 1.93. The van der Waals surface area contributed by atoms with Crippen molar-refractivity contribution in [2.24, 2.45) is 0 Å². The fraction of sp³-hybridized carbons (Fsp3) is 0.750. The van der Waals surface area contributed by atoms with Gasteiger partial charge in [0.2, 0.25) is 0 Å². The minimum atomic E-state index is -0.0238. The van der Waals surface area contributed by atoms with Crippen LogP contribution in [0.3, 0.4) is 0 Å². The molecule has 1 saturated heterocycles. The molecule has 2 atom stereocenters. The first-order chi connectivity index (χ1) is 7.22. The second-order valence-corrected chi connectivity index (χ2v) is 3.91. The quantitative estimate of drug-likeness (QED) is 0.687. The molecule has 84 valence electrons. The molecule has 0 spiro atoms. The minimum Gasteiger partial charge on any atom is -0.326 e. The molecule has 0 aliphatic carbocycles. The van der Waals surface area contributed by atoms with Crippen LogP contribution in [0.25, 0.3) is 0 Å². The molecule has 1 heterocycles. The molecule has 0 bridgehead atoms. The van der Waals surface area contributed by atoms with Gasteiger partial charge in [0.25, 0.3) is 5.91 Å². The van der Waals surface area contributed by atoms with Gasteiger partial charge in [-0.15, -0.1) is 0 Å². The van der Waals surface area contributed by atoms with E-state index in [1.54, 1.807) is 6.92 Å². The second-order valence-electron chi connectivity index (χ2n) is 3.91. The van der Waals surface area contributed by atoms with E-state index in [-0.39, 0.29) is 5.91 Å². The summed E-state index contributed by atoms with van der Waals surface area (Å²) in [6.45, 7) is 7.64. The van der Waals surface area contributed by atoms with Gasteiger partial charge in [0, 0.05) is 25.2 Å². The molecule has 15 heavy (non-hydrogen) atoms. The predicted molar refractivity (Wildman–Crippen MR) is 61.3 cm³/mol. The van der Waals surface area contributed by atoms with Gasteiger partial charge in [0.1, 0.15) is 0 Å². The lowest BCUT2D eigenvalue weighted by molar-refractivity contribution is -0.129. The van der Waals surface area contributed by atoms with Crippen LogP contribution in [-0.2, 0) is 4.79 Å². The van der Waals surface area contributed by atoms with Gasteiger partial charge in [0.15, 0.2) is 0 Å². The Bertz CT molecular complexity index is 277. The van der Waals surface area contributed by atoms with Gasteiger partial charge in [-0.1, -0.05) is 19.8 Å². The highest BCUT2D eigenvalue weighted by molar-refractivity contribution is 5.93. The van der Waals surface area contributed by atoms with Crippen LogP contribution in [0.4, 0.5) is 0 Å². The molecule has 0 radical (unpaired) electrons. The third-order valence-electron chi connectivity index (χ3n) is 2.96. The number of rotatable bonds is 2. The van der Waals surface area contributed by atoms with Crippen LogP contribution < -0.4 is 5.32 Å². The Hall–Kier alpha value is -1.01. The van der Waals surface area contributed by atoms with Gasteiger partial charge < -0.3 is 10.2 Å². The van der Waals surface area contributed by atoms with Gasteiger partial charge in [-0.05, 0) is 25.7 Å². The maximum absolute atomic E-state index is 11.8. The highest BCUT2D eigenvalue weighted by Crippen LogP contribution is 2.11. The first-order valence-electron chi connectivity index (χ1n) is 5.69. The molecule has 0 aromatic rings. The van der Waals surface area contributed by atoms with Crippen LogP contribution in [-0.4, -0.2) is 36.0 Å². The smallest absolute Gasteiger partial charge is 0.298 e. The van der Waals surface area contributed by atoms with Crippen LogP contribution in [0.2, 0.25) is 0 Å². The summed E-state index contributed by atoms with van der Waals surface area (Å²) in [6.07, 6.45) is 2.04. The highest BCUT2D eigenvalue weighted by atomic mass is 16.2. The molecule has 2 unspecified atom stereocenters. The molecule has 0 saturated carbocycles. The Balaban J connectivity index is 2.69. The zero-order valence-corrected chi connectivity index (χ0v) is 9.84. The van der Waals surface area contributed by atoms with Crippen molar-refractivity contribution >= 4 is 5.91 Å². The second kappa shape index (κ2) is 5.77. The third-order valence-corrected chi connectivity index (χ3v) is 2.96. The molecule has 0 aromatic heterocycles. The molecule has 3 heteroatoms. The van der Waals surface area contributed by atoms with Gasteiger partial charge in [-0.2, -0.15) is 0 Å². The van der Waals surface area contributed by atoms with Crippen LogP contribution in [0.15, 0.2) is 0 Å². The fourth-order valence-electron chi connectivity index (χ4n) is 1.93. The molecule has 1 N–H and O–H groups in total. The number of nitrogens with one attached hydrogen (secondary N) is 1. The Morgan fingerprint density at radius 2 is 2.20 bits per heavy atom. The standard InChI is InChI=1S/C12H20N2O/c1-4-7-12(15)14-9-10(5-2)13-8-11(14)6-3/h10-11,13H,5-6,8-9H2,1-3H3. The summed E-state index contributed by atoms with van der Waals surface area (Å²) < 4.78 is 0. The summed E-state index contributed by atoms with van der Waals surface area (Å²) in [7, 11) is 0. The van der Waals surface area contributed by atoms with E-state index in [0.717, 1.165) is 25.9 Å². The predicted octanol–water partition coefficient (Wildman–Crippen LogP) is 0.999. The first kappa shape index (κ1) is 12.1. The maximum atomic E-state index is 11.8. The summed E-state index contributed by atoms with van der Waals surface area (Å²) >= 11 is 0. The van der Waals surface area contributed by atoms with E-state index in [2.05, 4.69) is 31.0 Å². The van der Waals surface area contributed by atoms with Crippen LogP contribution >= 0.6 is 0 Å². The highest BCUT2D eigenvalue weighted by Gasteiger charge is 2.28. The largest absolute Gasteiger partial charge is 0.326 e. The molecule has 1 aliphatic rings. The van der Waals surface area contributed by atoms with Crippen molar-refractivity contribution in [3.05, 3.63) is 0 Å². The SMILES string of the molecule is CC#CC(=O)N1CC(CC)NCC1CC. The van der Waals surface area contributed by atoms with E-state index >= 15 is 0 Å². The molecular formula is C12H20N2O. The lowest BCUT2D eigenvalue weighted by atomic mass is 10.1. The molecule has 1 fully saturated rings. The Kier molecular flexibility index (Phi) is 4.64. The van der Waals surface area contributed by atoms with Gasteiger partial charge in [0.05, 0.1) is 0 Å². The van der Waals surface area contributed by atoms with Crippen LogP contribution in [0.5, 0.6) is 0 Å². The lowest BCUT2D eigenvalue weighted by Crippen LogP contribution is -2.57. The number of hydrogen-bond acceptors (Lipinski definition) is 2. The summed E-state index contributed by atoms with van der Waals surface area (Å²) in [5.41, 5.74) is 0. The maximum Gasteiger partial charge on any atom is 0.298 e. The van der Waals surface area contributed by atoms with E-state index in [1.807, 2.05) is 4.90 Å². The molecule has 0 aromatic carbocycles. The Labute approximate surface area is 92.2 Å². The van der Waals surface area contributed by atoms with Gasteiger partial charge in [-0.25, -0.2) is 0 Å². The van der Waals surface area contributed by atoms with Gasteiger partial charge in [-0.3, -0.25) is 4.79 Å². The van der Waals surface area contributed by atoms with Gasteiger partial charge >= 0.3 is 0 Å². The van der Waals surface area contributed by atoms with Crippen molar-refractivity contribution in [1.29, 1.82) is 0 Å². The van der Waals surface area contributed by atoms with E-state index in [0.29, 0.717) is 12.1 Å². The van der Waals surface area contributed by atoms with Crippen molar-refractivity contribution in [2.75, 3.05) is 13.1 Å². The van der Waals surface area contributed by atoms with Crippen LogP contribution in [0, 0.1) is 11.8 Å². The summed E-state index contributed by atoms with van der Waals surface area (Å²) in [5.74, 6) is 5.29. The first-order valence-corrected chi connectivity index (χ1v) is 5.69. The number of nitrogens with zero attached hydrogens (tertiary/aromatic N) is 1. The average Bonchev–Trinajstić information content (AvgIpc) is 2.28. The molecule has 1 rings (SSSR count). The molecule has 1 amide bonds. The van der Waals surface area contributed by atoms with E-state index < -0.39 is 0 Å². The van der Waals surface area contributed by atoms with Crippen LogP contribution in [0.1, 0.15) is 33.6 Å². The number of carbonyl (C=O) groups excluding carboxylic acids is 1. The summed E-state index contributed by atoms with van der Waals surface area (Å²) in [5, 5.41) is 3.45. The van der Waals surface area contributed by atoms with E-state index in [1.165, 1.54) is 0 Å². The summed E-state index contributed by atoms with van der Waals surface area (Å²) in [6, 6.07) is 0.733. The number of piperazine rings is 1. The number of hydrogen-bond donors (Lipinski definition) is 1. The third kappa shape index (κ3) is 2.97. The lowest BCUT2D eigenvalue weighted by Gasteiger charge is -2.38. The minimum absolute atomic E-state index is 0.0238. The van der Waals surface area contributed by atoms with Crippen molar-refractivity contribution < 1.29 is 4.79 Å². The number of carbonyl (C=O) groups is 1.